The molecule has 3 rings (SSSR count). The molecule has 1 heterocycles. The molecule has 0 unspecified atom stereocenters. The van der Waals surface area contributed by atoms with Crippen LogP contribution in [0.1, 0.15) is 42.9 Å². The van der Waals surface area contributed by atoms with E-state index in [1.54, 1.807) is 4.90 Å². The van der Waals surface area contributed by atoms with Crippen molar-refractivity contribution in [2.24, 2.45) is 0 Å². The molecule has 28 heavy (non-hydrogen) atoms. The predicted octanol–water partition coefficient (Wildman–Crippen LogP) is 2.07. The summed E-state index contributed by atoms with van der Waals surface area (Å²) in [5.41, 5.74) is 4.21. The zero-order valence-corrected chi connectivity index (χ0v) is 16.6. The monoisotopic (exact) mass is 380 g/mol. The van der Waals surface area contributed by atoms with Crippen LogP contribution in [0, 0.1) is 0 Å². The number of amides is 2. The minimum atomic E-state index is -0.101. The molecule has 1 fully saturated rings. The molecule has 3 N–H and O–H groups in total. The van der Waals surface area contributed by atoms with Gasteiger partial charge in [0.25, 0.3) is 0 Å². The van der Waals surface area contributed by atoms with Gasteiger partial charge in [0.1, 0.15) is 6.54 Å². The average Bonchev–Trinajstić information content (AvgIpc) is 2.69. The Morgan fingerprint density at radius 1 is 0.929 bits per heavy atom. The SMILES string of the molecule is CC(=O)Nc1ccc(CC(=O)NCc2ccccc2C[NH+]2CCCCC2)cc1. The number of carbonyl (C=O) groups excluding carboxylic acids is 2. The smallest absolute Gasteiger partial charge is 0.224 e. The van der Waals surface area contributed by atoms with Crippen molar-refractivity contribution in [3.63, 3.8) is 0 Å². The zero-order valence-electron chi connectivity index (χ0n) is 16.6. The third-order valence-corrected chi connectivity index (χ3v) is 5.23. The molecular weight excluding hydrogens is 350 g/mol. The molecule has 0 aromatic heterocycles. The van der Waals surface area contributed by atoms with E-state index in [1.807, 2.05) is 30.3 Å². The Balaban J connectivity index is 1.52. The summed E-state index contributed by atoms with van der Waals surface area (Å²) in [5.74, 6) is -0.0945. The molecule has 5 heteroatoms. The van der Waals surface area contributed by atoms with E-state index in [-0.39, 0.29) is 11.8 Å². The van der Waals surface area contributed by atoms with E-state index in [9.17, 15) is 9.59 Å². The first-order chi connectivity index (χ1) is 13.6. The van der Waals surface area contributed by atoms with Crippen molar-refractivity contribution in [1.29, 1.82) is 0 Å². The van der Waals surface area contributed by atoms with Gasteiger partial charge < -0.3 is 15.5 Å². The second-order valence-electron chi connectivity index (χ2n) is 7.59. The van der Waals surface area contributed by atoms with Crippen molar-refractivity contribution >= 4 is 17.5 Å². The molecule has 5 nitrogen and oxygen atoms in total. The van der Waals surface area contributed by atoms with Crippen LogP contribution in [-0.4, -0.2) is 24.9 Å². The largest absolute Gasteiger partial charge is 0.352 e. The fraction of sp³-hybridized carbons (Fsp3) is 0.391. The van der Waals surface area contributed by atoms with Gasteiger partial charge in [-0.05, 0) is 42.5 Å². The highest BCUT2D eigenvalue weighted by atomic mass is 16.2. The molecule has 148 valence electrons. The minimum absolute atomic E-state index is 0.00685. The Morgan fingerprint density at radius 3 is 2.29 bits per heavy atom. The van der Waals surface area contributed by atoms with Crippen LogP contribution in [0.25, 0.3) is 0 Å². The summed E-state index contributed by atoms with van der Waals surface area (Å²) in [4.78, 5) is 25.1. The Kier molecular flexibility index (Phi) is 7.20. The maximum atomic E-state index is 12.4. The summed E-state index contributed by atoms with van der Waals surface area (Å²) in [5, 5.41) is 5.78. The molecule has 0 bridgehead atoms. The molecule has 0 radical (unpaired) electrons. The van der Waals surface area contributed by atoms with Crippen LogP contribution in [0.4, 0.5) is 5.69 Å². The lowest BCUT2D eigenvalue weighted by Crippen LogP contribution is -3.11. The van der Waals surface area contributed by atoms with E-state index >= 15 is 0 Å². The average molecular weight is 381 g/mol. The summed E-state index contributed by atoms with van der Waals surface area (Å²) in [6.45, 7) is 5.57. The Bertz CT molecular complexity index is 796. The fourth-order valence-electron chi connectivity index (χ4n) is 3.75. The predicted molar refractivity (Wildman–Crippen MR) is 111 cm³/mol. The molecule has 0 atom stereocenters. The van der Waals surface area contributed by atoms with Crippen LogP contribution < -0.4 is 15.5 Å². The number of carbonyl (C=O) groups is 2. The van der Waals surface area contributed by atoms with E-state index < -0.39 is 0 Å². The number of likely N-dealkylation sites (tertiary alicyclic amines) is 1. The van der Waals surface area contributed by atoms with Crippen molar-refractivity contribution in [3.8, 4) is 0 Å². The molecule has 1 saturated heterocycles. The number of benzene rings is 2. The first kappa shape index (κ1) is 20.1. The van der Waals surface area contributed by atoms with E-state index in [1.165, 1.54) is 50.4 Å². The van der Waals surface area contributed by atoms with Crippen LogP contribution in [0.3, 0.4) is 0 Å². The Morgan fingerprint density at radius 2 is 1.61 bits per heavy atom. The van der Waals surface area contributed by atoms with Gasteiger partial charge in [0.15, 0.2) is 0 Å². The van der Waals surface area contributed by atoms with Crippen LogP contribution >= 0.6 is 0 Å². The normalized spacial score (nSPS) is 14.5. The summed E-state index contributed by atoms with van der Waals surface area (Å²) in [6.07, 6.45) is 4.32. The molecule has 0 aliphatic carbocycles. The van der Waals surface area contributed by atoms with Crippen LogP contribution in [-0.2, 0) is 29.1 Å². The number of nitrogens with one attached hydrogen (secondary N) is 3. The quantitative estimate of drug-likeness (QED) is 0.689. The number of quaternary nitrogens is 1. The van der Waals surface area contributed by atoms with Gasteiger partial charge in [-0.2, -0.15) is 0 Å². The van der Waals surface area contributed by atoms with Gasteiger partial charge >= 0.3 is 0 Å². The highest BCUT2D eigenvalue weighted by molar-refractivity contribution is 5.88. The molecule has 1 aliphatic rings. The van der Waals surface area contributed by atoms with Crippen LogP contribution in [0.15, 0.2) is 48.5 Å². The van der Waals surface area contributed by atoms with Crippen molar-refractivity contribution in [3.05, 3.63) is 65.2 Å². The van der Waals surface area contributed by atoms with Gasteiger partial charge in [-0.3, -0.25) is 9.59 Å². The molecule has 0 spiro atoms. The second kappa shape index (κ2) is 10.0. The van der Waals surface area contributed by atoms with Gasteiger partial charge in [-0.15, -0.1) is 0 Å². The number of hydrogen-bond donors (Lipinski definition) is 3. The molecule has 2 aromatic rings. The highest BCUT2D eigenvalue weighted by Crippen LogP contribution is 2.11. The van der Waals surface area contributed by atoms with Crippen molar-refractivity contribution in [2.45, 2.75) is 45.7 Å². The van der Waals surface area contributed by atoms with E-state index in [2.05, 4.69) is 28.8 Å². The minimum Gasteiger partial charge on any atom is -0.352 e. The fourth-order valence-corrected chi connectivity index (χ4v) is 3.75. The first-order valence-electron chi connectivity index (χ1n) is 10.1. The third kappa shape index (κ3) is 6.20. The van der Waals surface area contributed by atoms with E-state index in [4.69, 9.17) is 0 Å². The number of rotatable bonds is 7. The van der Waals surface area contributed by atoms with Crippen LogP contribution in [0.5, 0.6) is 0 Å². The topological polar surface area (TPSA) is 62.6 Å². The number of piperidine rings is 1. The van der Waals surface area contributed by atoms with E-state index in [0.717, 1.165) is 17.8 Å². The van der Waals surface area contributed by atoms with Gasteiger partial charge in [0.05, 0.1) is 19.5 Å². The summed E-state index contributed by atoms with van der Waals surface area (Å²) in [6, 6.07) is 15.8. The molecule has 0 saturated carbocycles. The first-order valence-corrected chi connectivity index (χ1v) is 10.1. The standard InChI is InChI=1S/C23H29N3O2/c1-18(27)25-22-11-9-19(10-12-22)15-23(28)24-16-20-7-3-4-8-21(20)17-26-13-5-2-6-14-26/h3-4,7-12H,2,5-6,13-17H2,1H3,(H,24,28)(H,25,27)/p+1. The molecular formula is C23H30N3O2+. The molecule has 1 aliphatic heterocycles. The summed E-state index contributed by atoms with van der Waals surface area (Å²) in [7, 11) is 0. The summed E-state index contributed by atoms with van der Waals surface area (Å²) < 4.78 is 0. The van der Waals surface area contributed by atoms with Gasteiger partial charge in [0.2, 0.25) is 11.8 Å². The molecule has 2 aromatic carbocycles. The lowest BCUT2D eigenvalue weighted by atomic mass is 10.0. The Labute approximate surface area is 167 Å². The number of anilines is 1. The highest BCUT2D eigenvalue weighted by Gasteiger charge is 2.15. The van der Waals surface area contributed by atoms with Crippen molar-refractivity contribution < 1.29 is 14.5 Å². The lowest BCUT2D eigenvalue weighted by Gasteiger charge is -2.24. The van der Waals surface area contributed by atoms with Crippen LogP contribution in [0.2, 0.25) is 0 Å². The van der Waals surface area contributed by atoms with Gasteiger partial charge in [-0.25, -0.2) is 0 Å². The maximum absolute atomic E-state index is 12.4. The van der Waals surface area contributed by atoms with Crippen molar-refractivity contribution in [2.75, 3.05) is 18.4 Å². The van der Waals surface area contributed by atoms with Gasteiger partial charge in [-0.1, -0.05) is 36.4 Å². The maximum Gasteiger partial charge on any atom is 0.224 e. The molecule has 2 amide bonds. The summed E-state index contributed by atoms with van der Waals surface area (Å²) >= 11 is 0. The number of hydrogen-bond acceptors (Lipinski definition) is 2. The Hall–Kier alpha value is -2.66. The lowest BCUT2D eigenvalue weighted by molar-refractivity contribution is -0.918. The second-order valence-corrected chi connectivity index (χ2v) is 7.59. The van der Waals surface area contributed by atoms with Gasteiger partial charge in [0, 0.05) is 24.7 Å². The third-order valence-electron chi connectivity index (χ3n) is 5.23. The van der Waals surface area contributed by atoms with Crippen molar-refractivity contribution in [1.82, 2.24) is 5.32 Å². The van der Waals surface area contributed by atoms with E-state index in [0.29, 0.717) is 13.0 Å². The zero-order chi connectivity index (χ0) is 19.8.